The molecule has 6 heteroatoms. The van der Waals surface area contributed by atoms with Gasteiger partial charge < -0.3 is 0 Å². The summed E-state index contributed by atoms with van der Waals surface area (Å²) in [7, 11) is 0. The molecule has 2 heterocycles. The lowest BCUT2D eigenvalue weighted by atomic mass is 9.97. The molecule has 0 bridgehead atoms. The van der Waals surface area contributed by atoms with Crippen molar-refractivity contribution in [3.8, 4) is 5.69 Å². The second-order valence-electron chi connectivity index (χ2n) is 6.10. The standard InChI is InChI=1S/C19H17N5O/c1-12-8-10-15(11-9-12)24-18-17(21-23-24)16(20-22-19(18)25)13(2)14-6-4-3-5-7-14/h3-11,13H,1-2H3,(H,22,25). The number of hydrogen-bond acceptors (Lipinski definition) is 4. The van der Waals surface area contributed by atoms with Gasteiger partial charge in [0.1, 0.15) is 5.52 Å². The summed E-state index contributed by atoms with van der Waals surface area (Å²) in [6, 6.07) is 17.8. The van der Waals surface area contributed by atoms with E-state index in [1.807, 2.05) is 68.4 Å². The van der Waals surface area contributed by atoms with Crippen molar-refractivity contribution in [1.29, 1.82) is 0 Å². The van der Waals surface area contributed by atoms with Crippen molar-refractivity contribution in [2.75, 3.05) is 0 Å². The van der Waals surface area contributed by atoms with Crippen LogP contribution in [0.25, 0.3) is 16.7 Å². The zero-order chi connectivity index (χ0) is 17.4. The predicted molar refractivity (Wildman–Crippen MR) is 96.0 cm³/mol. The highest BCUT2D eigenvalue weighted by atomic mass is 16.1. The summed E-state index contributed by atoms with van der Waals surface area (Å²) >= 11 is 0. The molecule has 0 aliphatic rings. The summed E-state index contributed by atoms with van der Waals surface area (Å²) in [5.41, 5.74) is 4.39. The van der Waals surface area contributed by atoms with E-state index in [0.29, 0.717) is 16.7 Å². The lowest BCUT2D eigenvalue weighted by molar-refractivity contribution is 0.820. The van der Waals surface area contributed by atoms with Gasteiger partial charge in [-0.05, 0) is 24.6 Å². The first-order valence-electron chi connectivity index (χ1n) is 8.11. The topological polar surface area (TPSA) is 76.5 Å². The Morgan fingerprint density at radius 3 is 2.48 bits per heavy atom. The third-order valence-corrected chi connectivity index (χ3v) is 4.39. The first-order valence-corrected chi connectivity index (χ1v) is 8.11. The molecule has 4 aromatic rings. The van der Waals surface area contributed by atoms with Crippen LogP contribution >= 0.6 is 0 Å². The maximum atomic E-state index is 12.4. The molecule has 25 heavy (non-hydrogen) atoms. The fraction of sp³-hybridized carbons (Fsp3) is 0.158. The minimum atomic E-state index is -0.301. The average Bonchev–Trinajstić information content (AvgIpc) is 3.09. The van der Waals surface area contributed by atoms with Crippen LogP contribution in [-0.4, -0.2) is 25.2 Å². The molecule has 1 atom stereocenters. The maximum absolute atomic E-state index is 12.4. The zero-order valence-electron chi connectivity index (χ0n) is 14.0. The van der Waals surface area contributed by atoms with Gasteiger partial charge in [-0.15, -0.1) is 5.10 Å². The number of fused-ring (bicyclic) bond motifs is 1. The van der Waals surface area contributed by atoms with Crippen LogP contribution in [0.1, 0.15) is 29.7 Å². The molecule has 1 N–H and O–H groups in total. The van der Waals surface area contributed by atoms with Gasteiger partial charge in [0, 0.05) is 5.92 Å². The first-order chi connectivity index (χ1) is 12.1. The lowest BCUT2D eigenvalue weighted by Crippen LogP contribution is -2.15. The van der Waals surface area contributed by atoms with Gasteiger partial charge in [-0.2, -0.15) is 5.10 Å². The minimum absolute atomic E-state index is 0.0104. The van der Waals surface area contributed by atoms with Gasteiger partial charge >= 0.3 is 0 Å². The monoisotopic (exact) mass is 331 g/mol. The Kier molecular flexibility index (Phi) is 3.65. The van der Waals surface area contributed by atoms with Crippen LogP contribution in [0.2, 0.25) is 0 Å². The van der Waals surface area contributed by atoms with Crippen LogP contribution in [0, 0.1) is 6.92 Å². The number of aryl methyl sites for hydroxylation is 1. The molecule has 0 saturated heterocycles. The summed E-state index contributed by atoms with van der Waals surface area (Å²) in [5, 5.41) is 15.3. The number of benzene rings is 2. The van der Waals surface area contributed by atoms with E-state index < -0.39 is 0 Å². The van der Waals surface area contributed by atoms with Crippen molar-refractivity contribution in [3.05, 3.63) is 81.8 Å². The van der Waals surface area contributed by atoms with Crippen LogP contribution < -0.4 is 5.56 Å². The Bertz CT molecular complexity index is 1080. The molecule has 0 radical (unpaired) electrons. The molecular weight excluding hydrogens is 314 g/mol. The SMILES string of the molecule is Cc1ccc(-n2nnc3c(C(C)c4ccccc4)n[nH]c(=O)c32)cc1. The number of H-pyrrole nitrogens is 1. The summed E-state index contributed by atoms with van der Waals surface area (Å²) < 4.78 is 1.57. The van der Waals surface area contributed by atoms with E-state index >= 15 is 0 Å². The van der Waals surface area contributed by atoms with E-state index in [4.69, 9.17) is 0 Å². The Labute approximate surface area is 144 Å². The third-order valence-electron chi connectivity index (χ3n) is 4.39. The van der Waals surface area contributed by atoms with Crippen molar-refractivity contribution in [2.24, 2.45) is 0 Å². The Morgan fingerprint density at radius 1 is 1.04 bits per heavy atom. The lowest BCUT2D eigenvalue weighted by Gasteiger charge is -2.11. The Hall–Kier alpha value is -3.28. The molecule has 2 aromatic carbocycles. The van der Waals surface area contributed by atoms with Crippen molar-refractivity contribution < 1.29 is 0 Å². The molecule has 2 aromatic heterocycles. The molecular formula is C19H17N5O. The normalized spacial score (nSPS) is 12.4. The molecule has 1 unspecified atom stereocenters. The number of aromatic amines is 1. The zero-order valence-corrected chi connectivity index (χ0v) is 14.0. The molecule has 0 aliphatic carbocycles. The smallest absolute Gasteiger partial charge is 0.265 e. The number of rotatable bonds is 3. The van der Waals surface area contributed by atoms with Gasteiger partial charge in [-0.25, -0.2) is 9.78 Å². The molecule has 0 fully saturated rings. The van der Waals surface area contributed by atoms with Gasteiger partial charge in [0.05, 0.1) is 11.4 Å². The van der Waals surface area contributed by atoms with Crippen LogP contribution in [0.4, 0.5) is 0 Å². The van der Waals surface area contributed by atoms with Crippen molar-refractivity contribution in [1.82, 2.24) is 25.2 Å². The summed E-state index contributed by atoms with van der Waals surface area (Å²) in [4.78, 5) is 12.4. The number of nitrogens with zero attached hydrogens (tertiary/aromatic N) is 4. The first kappa shape index (κ1) is 15.3. The molecule has 4 rings (SSSR count). The third kappa shape index (κ3) is 2.61. The van der Waals surface area contributed by atoms with E-state index in [1.54, 1.807) is 4.68 Å². The molecule has 124 valence electrons. The molecule has 0 saturated carbocycles. The number of nitrogens with one attached hydrogen (secondary N) is 1. The van der Waals surface area contributed by atoms with E-state index in [2.05, 4.69) is 20.5 Å². The van der Waals surface area contributed by atoms with E-state index in [9.17, 15) is 4.79 Å². The van der Waals surface area contributed by atoms with Gasteiger partial charge in [0.25, 0.3) is 5.56 Å². The molecule has 0 amide bonds. The van der Waals surface area contributed by atoms with Crippen LogP contribution in [0.15, 0.2) is 59.4 Å². The van der Waals surface area contributed by atoms with Gasteiger partial charge in [-0.3, -0.25) is 4.79 Å². The van der Waals surface area contributed by atoms with Crippen molar-refractivity contribution >= 4 is 11.0 Å². The fourth-order valence-corrected chi connectivity index (χ4v) is 2.94. The van der Waals surface area contributed by atoms with E-state index in [0.717, 1.165) is 16.8 Å². The number of aromatic nitrogens is 5. The van der Waals surface area contributed by atoms with Gasteiger partial charge in [0.15, 0.2) is 5.52 Å². The second kappa shape index (κ2) is 5.98. The minimum Gasteiger partial charge on any atom is -0.265 e. The summed E-state index contributed by atoms with van der Waals surface area (Å²) in [6.45, 7) is 4.06. The largest absolute Gasteiger partial charge is 0.292 e. The summed E-state index contributed by atoms with van der Waals surface area (Å²) in [6.07, 6.45) is 0. The average molecular weight is 331 g/mol. The Balaban J connectivity index is 1.90. The Morgan fingerprint density at radius 2 is 1.76 bits per heavy atom. The molecule has 0 aliphatic heterocycles. The fourth-order valence-electron chi connectivity index (χ4n) is 2.94. The van der Waals surface area contributed by atoms with E-state index in [1.165, 1.54) is 0 Å². The van der Waals surface area contributed by atoms with Gasteiger partial charge in [-0.1, -0.05) is 60.2 Å². The summed E-state index contributed by atoms with van der Waals surface area (Å²) in [5.74, 6) is -0.0104. The van der Waals surface area contributed by atoms with Crippen molar-refractivity contribution in [2.45, 2.75) is 19.8 Å². The van der Waals surface area contributed by atoms with E-state index in [-0.39, 0.29) is 11.5 Å². The maximum Gasteiger partial charge on any atom is 0.292 e. The highest BCUT2D eigenvalue weighted by Gasteiger charge is 2.20. The van der Waals surface area contributed by atoms with Gasteiger partial charge in [0.2, 0.25) is 0 Å². The highest BCUT2D eigenvalue weighted by molar-refractivity contribution is 5.78. The predicted octanol–water partition coefficient (Wildman–Crippen LogP) is 2.96. The quantitative estimate of drug-likeness (QED) is 0.626. The van der Waals surface area contributed by atoms with Crippen LogP contribution in [0.5, 0.6) is 0 Å². The molecule has 0 spiro atoms. The highest BCUT2D eigenvalue weighted by Crippen LogP contribution is 2.26. The van der Waals surface area contributed by atoms with Crippen LogP contribution in [0.3, 0.4) is 0 Å². The second-order valence-corrected chi connectivity index (χ2v) is 6.10. The molecule has 6 nitrogen and oxygen atoms in total. The van der Waals surface area contributed by atoms with Crippen molar-refractivity contribution in [3.63, 3.8) is 0 Å². The van der Waals surface area contributed by atoms with Crippen LogP contribution in [-0.2, 0) is 0 Å². The number of hydrogen-bond donors (Lipinski definition) is 1.